The van der Waals surface area contributed by atoms with Gasteiger partial charge in [0.25, 0.3) is 0 Å². The van der Waals surface area contributed by atoms with E-state index in [0.717, 1.165) is 55.7 Å². The van der Waals surface area contributed by atoms with Crippen molar-refractivity contribution in [1.29, 1.82) is 5.26 Å². The van der Waals surface area contributed by atoms with E-state index in [9.17, 15) is 5.26 Å². The van der Waals surface area contributed by atoms with Gasteiger partial charge in [-0.25, -0.2) is 0 Å². The van der Waals surface area contributed by atoms with Crippen molar-refractivity contribution in [2.45, 2.75) is 12.5 Å². The van der Waals surface area contributed by atoms with Crippen molar-refractivity contribution < 1.29 is 0 Å². The molecule has 0 saturated carbocycles. The van der Waals surface area contributed by atoms with Gasteiger partial charge in [-0.15, -0.1) is 0 Å². The Balaban J connectivity index is 1.82. The van der Waals surface area contributed by atoms with E-state index in [1.807, 2.05) is 42.5 Å². The SMILES string of the molecule is N#CC(Cc1cc2ccc(Br)cc2[nH]1)N=[C]([Pb])c1ccccc1. The van der Waals surface area contributed by atoms with Gasteiger partial charge in [0.05, 0.1) is 0 Å². The van der Waals surface area contributed by atoms with Gasteiger partial charge in [0, 0.05) is 0 Å². The number of nitrogens with one attached hydrogen (secondary N) is 1. The van der Waals surface area contributed by atoms with Crippen LogP contribution in [0.5, 0.6) is 0 Å². The second-order valence-corrected chi connectivity index (χ2v) is 7.98. The van der Waals surface area contributed by atoms with Gasteiger partial charge in [0.1, 0.15) is 0 Å². The Morgan fingerprint density at radius 3 is 2.74 bits per heavy atom. The van der Waals surface area contributed by atoms with Crippen molar-refractivity contribution in [2.24, 2.45) is 4.99 Å². The van der Waals surface area contributed by atoms with Crippen LogP contribution >= 0.6 is 15.9 Å². The molecule has 0 fully saturated rings. The Morgan fingerprint density at radius 1 is 1.22 bits per heavy atom. The van der Waals surface area contributed by atoms with Gasteiger partial charge in [-0.1, -0.05) is 0 Å². The third-order valence-corrected chi connectivity index (χ3v) is 5.65. The standard InChI is InChI=1S/C18H13BrN3.Pb/c19-15-7-6-14-8-16(22-18(14)9-15)10-17(11-20)21-12-13-4-2-1-3-5-13;/h1-9,17,22H,10H2;. The van der Waals surface area contributed by atoms with Gasteiger partial charge < -0.3 is 0 Å². The Labute approximate surface area is 159 Å². The summed E-state index contributed by atoms with van der Waals surface area (Å²) in [6.45, 7) is 0. The number of aromatic amines is 1. The van der Waals surface area contributed by atoms with E-state index in [4.69, 9.17) is 0 Å². The van der Waals surface area contributed by atoms with E-state index in [0.29, 0.717) is 6.42 Å². The Kier molecular flexibility index (Phi) is 5.28. The number of rotatable bonds is 4. The molecule has 0 amide bonds. The van der Waals surface area contributed by atoms with Crippen molar-refractivity contribution in [2.75, 3.05) is 0 Å². The molecule has 0 aliphatic heterocycles. The number of aromatic nitrogens is 1. The number of fused-ring (bicyclic) bond motifs is 1. The van der Waals surface area contributed by atoms with Gasteiger partial charge >= 0.3 is 160 Å². The topological polar surface area (TPSA) is 51.9 Å². The first-order chi connectivity index (χ1) is 11.2. The first-order valence-corrected chi connectivity index (χ1v) is 9.91. The molecular weight excluding hydrogens is 545 g/mol. The van der Waals surface area contributed by atoms with Crippen molar-refractivity contribution in [3.05, 3.63) is 70.3 Å². The maximum atomic E-state index is 9.44. The third-order valence-electron chi connectivity index (χ3n) is 3.53. The second kappa shape index (κ2) is 7.41. The van der Waals surface area contributed by atoms with Crippen LogP contribution in [0, 0.1) is 11.3 Å². The summed E-state index contributed by atoms with van der Waals surface area (Å²) in [4.78, 5) is 8.01. The zero-order valence-corrected chi connectivity index (χ0v) is 17.7. The van der Waals surface area contributed by atoms with Crippen molar-refractivity contribution in [3.63, 3.8) is 0 Å². The average Bonchev–Trinajstić information content (AvgIpc) is 2.96. The van der Waals surface area contributed by atoms with Crippen LogP contribution in [0.3, 0.4) is 0 Å². The fourth-order valence-corrected chi connectivity index (χ4v) is 4.04. The molecule has 3 aromatic rings. The minimum atomic E-state index is -0.362. The summed E-state index contributed by atoms with van der Waals surface area (Å²) in [5.41, 5.74) is 3.22. The van der Waals surface area contributed by atoms with Crippen LogP contribution < -0.4 is 0 Å². The van der Waals surface area contributed by atoms with Crippen molar-refractivity contribution in [3.8, 4) is 6.07 Å². The van der Waals surface area contributed by atoms with Crippen LogP contribution in [0.2, 0.25) is 0 Å². The number of nitrogens with zero attached hydrogens (tertiary/aromatic N) is 2. The van der Waals surface area contributed by atoms with Crippen LogP contribution in [-0.4, -0.2) is 40.1 Å². The van der Waals surface area contributed by atoms with Crippen molar-refractivity contribution >= 4 is 55.9 Å². The predicted octanol–water partition coefficient (Wildman–Crippen LogP) is 3.98. The summed E-state index contributed by atoms with van der Waals surface area (Å²) >= 11 is 4.29. The van der Waals surface area contributed by atoms with Gasteiger partial charge in [0.2, 0.25) is 0 Å². The molecule has 0 aliphatic rings. The van der Waals surface area contributed by atoms with E-state index in [-0.39, 0.29) is 6.04 Å². The summed E-state index contributed by atoms with van der Waals surface area (Å²) in [6, 6.07) is 20.2. The Bertz CT molecular complexity index is 894. The molecule has 23 heavy (non-hydrogen) atoms. The molecule has 111 valence electrons. The summed E-state index contributed by atoms with van der Waals surface area (Å²) in [7, 11) is 0. The molecule has 3 radical (unpaired) electrons. The van der Waals surface area contributed by atoms with Crippen molar-refractivity contribution in [1.82, 2.24) is 4.98 Å². The zero-order chi connectivity index (χ0) is 16.2. The molecule has 1 unspecified atom stereocenters. The van der Waals surface area contributed by atoms with Gasteiger partial charge in [0.15, 0.2) is 0 Å². The minimum absolute atomic E-state index is 0.362. The fraction of sp³-hybridized carbons (Fsp3) is 0.111. The van der Waals surface area contributed by atoms with Crippen LogP contribution in [0.25, 0.3) is 10.9 Å². The zero-order valence-electron chi connectivity index (χ0n) is 12.3. The molecule has 2 aromatic carbocycles. The molecule has 1 N–H and O–H groups in total. The molecule has 0 aliphatic carbocycles. The number of aliphatic imine (C=N–C) groups is 1. The number of H-pyrrole nitrogens is 1. The number of halogens is 1. The normalized spacial score (nSPS) is 13.0. The number of benzene rings is 2. The van der Waals surface area contributed by atoms with Crippen LogP contribution in [0.1, 0.15) is 11.3 Å². The summed E-state index contributed by atoms with van der Waals surface area (Å²) in [6.07, 6.45) is 0.599. The molecule has 0 spiro atoms. The van der Waals surface area contributed by atoms with Crippen LogP contribution in [-0.2, 0) is 6.42 Å². The molecule has 0 saturated heterocycles. The van der Waals surface area contributed by atoms with E-state index in [1.165, 1.54) is 0 Å². The maximum absolute atomic E-state index is 9.44. The third kappa shape index (κ3) is 4.09. The first kappa shape index (κ1) is 16.4. The van der Waals surface area contributed by atoms with Gasteiger partial charge in [-0.05, 0) is 0 Å². The number of nitriles is 1. The van der Waals surface area contributed by atoms with E-state index < -0.39 is 0 Å². The predicted molar refractivity (Wildman–Crippen MR) is 97.8 cm³/mol. The summed E-state index contributed by atoms with van der Waals surface area (Å²) in [5, 5.41) is 10.6. The van der Waals surface area contributed by atoms with Crippen LogP contribution in [0.15, 0.2) is 64.1 Å². The summed E-state index contributed by atoms with van der Waals surface area (Å²) in [5.74, 6) is 0. The quantitative estimate of drug-likeness (QED) is 0.383. The van der Waals surface area contributed by atoms with Gasteiger partial charge in [-0.3, -0.25) is 0 Å². The molecule has 3 rings (SSSR count). The second-order valence-electron chi connectivity index (χ2n) is 5.22. The van der Waals surface area contributed by atoms with Gasteiger partial charge in [-0.2, -0.15) is 0 Å². The van der Waals surface area contributed by atoms with E-state index >= 15 is 0 Å². The molecule has 1 aromatic heterocycles. The molecular formula is C18H13BrN3Pb. The Morgan fingerprint density at radius 2 is 2.00 bits per heavy atom. The fourth-order valence-electron chi connectivity index (χ4n) is 2.42. The van der Waals surface area contributed by atoms with E-state index in [2.05, 4.69) is 44.1 Å². The molecule has 1 atom stereocenters. The number of hydrogen-bond donors (Lipinski definition) is 1. The number of hydrogen-bond acceptors (Lipinski definition) is 2. The first-order valence-electron chi connectivity index (χ1n) is 7.17. The average molecular weight is 558 g/mol. The molecule has 1 heterocycles. The molecule has 5 heteroatoms. The molecule has 0 bridgehead atoms. The summed E-state index contributed by atoms with van der Waals surface area (Å²) < 4.78 is 2.06. The van der Waals surface area contributed by atoms with Crippen LogP contribution in [0.4, 0.5) is 0 Å². The monoisotopic (exact) mass is 558 g/mol. The Hall–Kier alpha value is -1.46. The van der Waals surface area contributed by atoms with E-state index in [1.54, 1.807) is 0 Å². The molecule has 3 nitrogen and oxygen atoms in total.